The summed E-state index contributed by atoms with van der Waals surface area (Å²) in [5.74, 6) is 0.418. The van der Waals surface area contributed by atoms with Crippen molar-refractivity contribution in [2.45, 2.75) is 19.3 Å². The smallest absolute Gasteiger partial charge is 0.137 e. The third-order valence-corrected chi connectivity index (χ3v) is 2.62. The summed E-state index contributed by atoms with van der Waals surface area (Å²) in [5, 5.41) is 0. The van der Waals surface area contributed by atoms with Crippen LogP contribution in [-0.2, 0) is 0 Å². The van der Waals surface area contributed by atoms with Crippen LogP contribution in [0.25, 0.3) is 0 Å². The maximum atomic E-state index is 12.9. The van der Waals surface area contributed by atoms with Gasteiger partial charge in [0.1, 0.15) is 11.6 Å². The van der Waals surface area contributed by atoms with Crippen LogP contribution < -0.4 is 10.5 Å². The molecule has 0 unspecified atom stereocenters. The van der Waals surface area contributed by atoms with Gasteiger partial charge in [0, 0.05) is 0 Å². The average molecular weight is 276 g/mol. The van der Waals surface area contributed by atoms with Crippen LogP contribution >= 0.6 is 15.9 Å². The number of halogens is 2. The molecule has 15 heavy (non-hydrogen) atoms. The molecule has 1 aromatic rings. The van der Waals surface area contributed by atoms with Gasteiger partial charge in [-0.2, -0.15) is 0 Å². The Kier molecular flexibility index (Phi) is 5.65. The molecule has 0 amide bonds. The van der Waals surface area contributed by atoms with Crippen LogP contribution in [0, 0.1) is 5.82 Å². The van der Waals surface area contributed by atoms with Crippen LogP contribution in [0.3, 0.4) is 0 Å². The van der Waals surface area contributed by atoms with E-state index in [2.05, 4.69) is 15.9 Å². The van der Waals surface area contributed by atoms with Crippen molar-refractivity contribution in [1.29, 1.82) is 0 Å². The summed E-state index contributed by atoms with van der Waals surface area (Å²) in [7, 11) is 0. The van der Waals surface area contributed by atoms with Gasteiger partial charge in [0.15, 0.2) is 0 Å². The molecule has 4 heteroatoms. The predicted octanol–water partition coefficient (Wildman–Crippen LogP) is 3.10. The minimum absolute atomic E-state index is 0.273. The molecule has 0 bridgehead atoms. The molecule has 1 aromatic carbocycles. The molecule has 0 aliphatic rings. The van der Waals surface area contributed by atoms with Gasteiger partial charge >= 0.3 is 0 Å². The van der Waals surface area contributed by atoms with E-state index in [1.807, 2.05) is 0 Å². The molecule has 0 saturated carbocycles. The van der Waals surface area contributed by atoms with Crippen LogP contribution in [0.15, 0.2) is 22.7 Å². The standard InChI is InChI=1S/C11H15BrFNO/c12-10-8-9(4-5-11(10)13)15-7-3-1-2-6-14/h4-5,8H,1-3,6-7,14H2. The highest BCUT2D eigenvalue weighted by molar-refractivity contribution is 9.10. The summed E-state index contributed by atoms with van der Waals surface area (Å²) in [5.41, 5.74) is 5.37. The predicted molar refractivity (Wildman–Crippen MR) is 62.5 cm³/mol. The molecule has 0 aliphatic heterocycles. The quantitative estimate of drug-likeness (QED) is 0.810. The van der Waals surface area contributed by atoms with Gasteiger partial charge in [-0.25, -0.2) is 4.39 Å². The zero-order chi connectivity index (χ0) is 11.1. The Morgan fingerprint density at radius 2 is 2.07 bits per heavy atom. The first kappa shape index (κ1) is 12.5. The topological polar surface area (TPSA) is 35.2 Å². The van der Waals surface area contributed by atoms with E-state index in [0.717, 1.165) is 25.8 Å². The lowest BCUT2D eigenvalue weighted by atomic mass is 10.2. The highest BCUT2D eigenvalue weighted by Crippen LogP contribution is 2.21. The summed E-state index contributed by atoms with van der Waals surface area (Å²) < 4.78 is 18.8. The van der Waals surface area contributed by atoms with Gasteiger partial charge in [0.2, 0.25) is 0 Å². The molecular formula is C11H15BrFNO. The zero-order valence-electron chi connectivity index (χ0n) is 8.51. The number of benzene rings is 1. The lowest BCUT2D eigenvalue weighted by molar-refractivity contribution is 0.305. The molecule has 0 atom stereocenters. The van der Waals surface area contributed by atoms with Gasteiger partial charge in [0.05, 0.1) is 11.1 Å². The SMILES string of the molecule is NCCCCCOc1ccc(F)c(Br)c1. The Labute approximate surface area is 97.7 Å². The molecule has 2 N–H and O–H groups in total. The third-order valence-electron chi connectivity index (χ3n) is 2.01. The van der Waals surface area contributed by atoms with E-state index in [-0.39, 0.29) is 5.82 Å². The minimum Gasteiger partial charge on any atom is -0.494 e. The maximum absolute atomic E-state index is 12.9. The number of rotatable bonds is 6. The van der Waals surface area contributed by atoms with E-state index in [1.54, 1.807) is 12.1 Å². The van der Waals surface area contributed by atoms with E-state index >= 15 is 0 Å². The van der Waals surface area contributed by atoms with Crippen molar-refractivity contribution in [2.75, 3.05) is 13.2 Å². The number of unbranched alkanes of at least 4 members (excludes halogenated alkanes) is 2. The van der Waals surface area contributed by atoms with Crippen molar-refractivity contribution in [3.8, 4) is 5.75 Å². The van der Waals surface area contributed by atoms with Gasteiger partial charge in [-0.3, -0.25) is 0 Å². The fourth-order valence-corrected chi connectivity index (χ4v) is 1.54. The van der Waals surface area contributed by atoms with Crippen molar-refractivity contribution in [1.82, 2.24) is 0 Å². The van der Waals surface area contributed by atoms with Gasteiger partial charge in [-0.15, -0.1) is 0 Å². The second kappa shape index (κ2) is 6.80. The van der Waals surface area contributed by atoms with Gasteiger partial charge in [-0.1, -0.05) is 0 Å². The second-order valence-corrected chi connectivity index (χ2v) is 4.13. The number of hydrogen-bond donors (Lipinski definition) is 1. The highest BCUT2D eigenvalue weighted by atomic mass is 79.9. The fourth-order valence-electron chi connectivity index (χ4n) is 1.18. The Morgan fingerprint density at radius 1 is 1.27 bits per heavy atom. The first-order valence-electron chi connectivity index (χ1n) is 5.02. The molecule has 0 saturated heterocycles. The Morgan fingerprint density at radius 3 is 2.73 bits per heavy atom. The molecule has 0 aliphatic carbocycles. The summed E-state index contributed by atoms with van der Waals surface area (Å²) in [6.07, 6.45) is 3.07. The number of nitrogens with two attached hydrogens (primary N) is 1. The summed E-state index contributed by atoms with van der Waals surface area (Å²) in [4.78, 5) is 0. The zero-order valence-corrected chi connectivity index (χ0v) is 10.1. The molecule has 0 aromatic heterocycles. The Bertz CT molecular complexity index is 307. The molecule has 0 fully saturated rings. The number of hydrogen-bond acceptors (Lipinski definition) is 2. The Balaban J connectivity index is 2.28. The lowest BCUT2D eigenvalue weighted by Gasteiger charge is -2.06. The van der Waals surface area contributed by atoms with Crippen molar-refractivity contribution in [3.63, 3.8) is 0 Å². The summed E-state index contributed by atoms with van der Waals surface area (Å²) >= 11 is 3.11. The van der Waals surface area contributed by atoms with Gasteiger partial charge in [-0.05, 0) is 59.9 Å². The normalized spacial score (nSPS) is 10.3. The van der Waals surface area contributed by atoms with Gasteiger partial charge < -0.3 is 10.5 Å². The third kappa shape index (κ3) is 4.62. The van der Waals surface area contributed by atoms with Crippen molar-refractivity contribution < 1.29 is 9.13 Å². The highest BCUT2D eigenvalue weighted by Gasteiger charge is 2.00. The Hall–Kier alpha value is -0.610. The lowest BCUT2D eigenvalue weighted by Crippen LogP contribution is -2.01. The van der Waals surface area contributed by atoms with Crippen LogP contribution in [0.1, 0.15) is 19.3 Å². The number of ether oxygens (including phenoxy) is 1. The van der Waals surface area contributed by atoms with Crippen LogP contribution in [0.2, 0.25) is 0 Å². The van der Waals surface area contributed by atoms with E-state index in [1.165, 1.54) is 6.07 Å². The minimum atomic E-state index is -0.273. The fraction of sp³-hybridized carbons (Fsp3) is 0.455. The van der Waals surface area contributed by atoms with Crippen LogP contribution in [-0.4, -0.2) is 13.2 Å². The first-order valence-corrected chi connectivity index (χ1v) is 5.81. The molecule has 84 valence electrons. The molecule has 0 heterocycles. The van der Waals surface area contributed by atoms with Crippen molar-refractivity contribution >= 4 is 15.9 Å². The van der Waals surface area contributed by atoms with E-state index in [0.29, 0.717) is 16.8 Å². The van der Waals surface area contributed by atoms with Gasteiger partial charge in [0.25, 0.3) is 0 Å². The first-order chi connectivity index (χ1) is 7.24. The average Bonchev–Trinajstić information content (AvgIpc) is 2.23. The summed E-state index contributed by atoms with van der Waals surface area (Å²) in [6.45, 7) is 1.38. The van der Waals surface area contributed by atoms with E-state index < -0.39 is 0 Å². The van der Waals surface area contributed by atoms with Crippen LogP contribution in [0.4, 0.5) is 4.39 Å². The largest absolute Gasteiger partial charge is 0.494 e. The molecule has 1 rings (SSSR count). The van der Waals surface area contributed by atoms with E-state index in [4.69, 9.17) is 10.5 Å². The summed E-state index contributed by atoms with van der Waals surface area (Å²) in [6, 6.07) is 4.65. The second-order valence-electron chi connectivity index (χ2n) is 3.27. The van der Waals surface area contributed by atoms with Crippen molar-refractivity contribution in [2.24, 2.45) is 5.73 Å². The molecule has 0 spiro atoms. The molecule has 2 nitrogen and oxygen atoms in total. The maximum Gasteiger partial charge on any atom is 0.137 e. The monoisotopic (exact) mass is 275 g/mol. The molecule has 0 radical (unpaired) electrons. The molecular weight excluding hydrogens is 261 g/mol. The van der Waals surface area contributed by atoms with Crippen LogP contribution in [0.5, 0.6) is 5.75 Å². The van der Waals surface area contributed by atoms with E-state index in [9.17, 15) is 4.39 Å². The van der Waals surface area contributed by atoms with Crippen molar-refractivity contribution in [3.05, 3.63) is 28.5 Å².